The number of aromatic nitrogens is 1. The maximum atomic E-state index is 11.6. The van der Waals surface area contributed by atoms with Gasteiger partial charge in [0.05, 0.1) is 22.2 Å². The molecule has 0 radical (unpaired) electrons. The Bertz CT molecular complexity index is 588. The van der Waals surface area contributed by atoms with Crippen molar-refractivity contribution >= 4 is 21.2 Å². The van der Waals surface area contributed by atoms with E-state index in [9.17, 15) is 8.42 Å². The minimum Gasteiger partial charge on any atom is -0.310 e. The lowest BCUT2D eigenvalue weighted by Gasteiger charge is -2.07. The fraction of sp³-hybridized carbons (Fsp3) is 0.786. The SMILES string of the molecule is CC(C)NCc1sc(C2CCS(=O)(=O)C2)nc1C1CC1. The highest BCUT2D eigenvalue weighted by Gasteiger charge is 2.34. The van der Waals surface area contributed by atoms with E-state index in [0.29, 0.717) is 23.5 Å². The summed E-state index contributed by atoms with van der Waals surface area (Å²) >= 11 is 1.73. The third-order valence-corrected chi connectivity index (χ3v) is 6.96. The molecule has 1 saturated heterocycles. The van der Waals surface area contributed by atoms with Crippen LogP contribution in [-0.2, 0) is 16.4 Å². The standard InChI is InChI=1S/C14H22N2O2S2/c1-9(2)15-7-12-13(10-3-4-10)16-14(19-12)11-5-6-20(17,18)8-11/h9-11,15H,3-8H2,1-2H3. The van der Waals surface area contributed by atoms with Crippen LogP contribution in [0, 0.1) is 0 Å². The van der Waals surface area contributed by atoms with E-state index in [-0.39, 0.29) is 5.92 Å². The van der Waals surface area contributed by atoms with Crippen molar-refractivity contribution in [2.45, 2.75) is 57.5 Å². The third-order valence-electron chi connectivity index (χ3n) is 3.96. The van der Waals surface area contributed by atoms with Crippen LogP contribution in [-0.4, -0.2) is 30.9 Å². The monoisotopic (exact) mass is 314 g/mol. The summed E-state index contributed by atoms with van der Waals surface area (Å²) in [5, 5.41) is 4.51. The molecule has 0 aromatic carbocycles. The summed E-state index contributed by atoms with van der Waals surface area (Å²) in [6.07, 6.45) is 3.22. The van der Waals surface area contributed by atoms with Gasteiger partial charge in [-0.25, -0.2) is 13.4 Å². The van der Waals surface area contributed by atoms with Gasteiger partial charge in [-0.3, -0.25) is 0 Å². The molecule has 112 valence electrons. The van der Waals surface area contributed by atoms with Crippen molar-refractivity contribution in [3.8, 4) is 0 Å². The number of nitrogens with zero attached hydrogens (tertiary/aromatic N) is 1. The molecular formula is C14H22N2O2S2. The Morgan fingerprint density at radius 3 is 2.60 bits per heavy atom. The Hall–Kier alpha value is -0.460. The second-order valence-electron chi connectivity index (χ2n) is 6.27. The molecule has 20 heavy (non-hydrogen) atoms. The van der Waals surface area contributed by atoms with Crippen molar-refractivity contribution in [1.82, 2.24) is 10.3 Å². The van der Waals surface area contributed by atoms with Crippen LogP contribution in [0.4, 0.5) is 0 Å². The zero-order valence-electron chi connectivity index (χ0n) is 12.1. The molecule has 2 fully saturated rings. The van der Waals surface area contributed by atoms with Crippen LogP contribution in [0.1, 0.15) is 60.5 Å². The highest BCUT2D eigenvalue weighted by Crippen LogP contribution is 2.44. The van der Waals surface area contributed by atoms with Gasteiger partial charge in [-0.1, -0.05) is 13.8 Å². The maximum absolute atomic E-state index is 11.6. The highest BCUT2D eigenvalue weighted by atomic mass is 32.2. The Balaban J connectivity index is 1.80. The topological polar surface area (TPSA) is 59.1 Å². The van der Waals surface area contributed by atoms with Gasteiger partial charge in [-0.2, -0.15) is 0 Å². The van der Waals surface area contributed by atoms with Gasteiger partial charge in [0.25, 0.3) is 0 Å². The van der Waals surface area contributed by atoms with E-state index >= 15 is 0 Å². The van der Waals surface area contributed by atoms with E-state index in [4.69, 9.17) is 4.98 Å². The molecule has 2 aliphatic rings. The van der Waals surface area contributed by atoms with Crippen molar-refractivity contribution in [2.75, 3.05) is 11.5 Å². The lowest BCUT2D eigenvalue weighted by Crippen LogP contribution is -2.21. The van der Waals surface area contributed by atoms with Crippen molar-refractivity contribution in [3.05, 3.63) is 15.6 Å². The van der Waals surface area contributed by atoms with Crippen LogP contribution in [0.25, 0.3) is 0 Å². The average Bonchev–Trinajstić information content (AvgIpc) is 3.02. The highest BCUT2D eigenvalue weighted by molar-refractivity contribution is 7.91. The molecule has 6 heteroatoms. The third kappa shape index (κ3) is 3.23. The summed E-state index contributed by atoms with van der Waals surface area (Å²) in [6, 6.07) is 0.458. The first-order valence-corrected chi connectivity index (χ1v) is 10.0. The minimum absolute atomic E-state index is 0.135. The first-order valence-electron chi connectivity index (χ1n) is 7.38. The number of rotatable bonds is 5. The molecule has 3 rings (SSSR count). The number of sulfone groups is 1. The molecule has 2 heterocycles. The molecule has 0 spiro atoms. The molecule has 0 amide bonds. The first kappa shape index (κ1) is 14.5. The molecule has 1 aromatic heterocycles. The largest absolute Gasteiger partial charge is 0.310 e. The van der Waals surface area contributed by atoms with Crippen molar-refractivity contribution < 1.29 is 8.42 Å². The van der Waals surface area contributed by atoms with Gasteiger partial charge in [0.2, 0.25) is 0 Å². The molecular weight excluding hydrogens is 292 g/mol. The van der Waals surface area contributed by atoms with Gasteiger partial charge in [0, 0.05) is 29.3 Å². The van der Waals surface area contributed by atoms with Gasteiger partial charge in [-0.05, 0) is 19.3 Å². The van der Waals surface area contributed by atoms with Crippen molar-refractivity contribution in [2.24, 2.45) is 0 Å². The maximum Gasteiger partial charge on any atom is 0.151 e. The predicted octanol–water partition coefficient (Wildman–Crippen LogP) is 2.42. The Morgan fingerprint density at radius 1 is 1.30 bits per heavy atom. The van der Waals surface area contributed by atoms with E-state index < -0.39 is 9.84 Å². The Labute approximate surface area is 124 Å². The Kier molecular flexibility index (Phi) is 3.90. The summed E-state index contributed by atoms with van der Waals surface area (Å²) in [5.41, 5.74) is 1.24. The summed E-state index contributed by atoms with van der Waals surface area (Å²) in [5.74, 6) is 1.38. The van der Waals surface area contributed by atoms with E-state index in [1.165, 1.54) is 23.4 Å². The van der Waals surface area contributed by atoms with Gasteiger partial charge in [0.15, 0.2) is 9.84 Å². The molecule has 1 unspecified atom stereocenters. The molecule has 0 bridgehead atoms. The molecule has 1 N–H and O–H groups in total. The lowest BCUT2D eigenvalue weighted by atomic mass is 10.1. The van der Waals surface area contributed by atoms with Crippen molar-refractivity contribution in [3.63, 3.8) is 0 Å². The van der Waals surface area contributed by atoms with E-state index in [2.05, 4.69) is 19.2 Å². The van der Waals surface area contributed by atoms with Gasteiger partial charge in [-0.15, -0.1) is 11.3 Å². The van der Waals surface area contributed by atoms with Crippen LogP contribution in [0.15, 0.2) is 0 Å². The predicted molar refractivity (Wildman–Crippen MR) is 82.1 cm³/mol. The molecule has 1 aliphatic heterocycles. The summed E-state index contributed by atoms with van der Waals surface area (Å²) < 4.78 is 23.3. The quantitative estimate of drug-likeness (QED) is 0.907. The fourth-order valence-electron chi connectivity index (χ4n) is 2.65. The van der Waals surface area contributed by atoms with Crippen LogP contribution in [0.5, 0.6) is 0 Å². The van der Waals surface area contributed by atoms with Crippen LogP contribution < -0.4 is 5.32 Å². The average molecular weight is 314 g/mol. The second-order valence-corrected chi connectivity index (χ2v) is 9.61. The molecule has 1 aromatic rings. The smallest absolute Gasteiger partial charge is 0.151 e. The number of hydrogen-bond acceptors (Lipinski definition) is 5. The van der Waals surface area contributed by atoms with Crippen molar-refractivity contribution in [1.29, 1.82) is 0 Å². The number of hydrogen-bond donors (Lipinski definition) is 1. The zero-order chi connectivity index (χ0) is 14.3. The van der Waals surface area contributed by atoms with E-state index in [0.717, 1.165) is 18.0 Å². The zero-order valence-corrected chi connectivity index (χ0v) is 13.7. The summed E-state index contributed by atoms with van der Waals surface area (Å²) in [4.78, 5) is 6.13. The number of thiazole rings is 1. The molecule has 1 atom stereocenters. The fourth-order valence-corrected chi connectivity index (χ4v) is 5.74. The lowest BCUT2D eigenvalue weighted by molar-refractivity contribution is 0.590. The van der Waals surface area contributed by atoms with Crippen LogP contribution in [0.2, 0.25) is 0 Å². The first-order chi connectivity index (χ1) is 9.44. The molecule has 1 saturated carbocycles. The Morgan fingerprint density at radius 2 is 2.05 bits per heavy atom. The van der Waals surface area contributed by atoms with E-state index in [1.807, 2.05) is 0 Å². The van der Waals surface area contributed by atoms with Gasteiger partial charge >= 0.3 is 0 Å². The summed E-state index contributed by atoms with van der Waals surface area (Å²) in [6.45, 7) is 5.14. The van der Waals surface area contributed by atoms with Crippen LogP contribution in [0.3, 0.4) is 0 Å². The van der Waals surface area contributed by atoms with Gasteiger partial charge in [0.1, 0.15) is 0 Å². The normalized spacial score (nSPS) is 25.4. The van der Waals surface area contributed by atoms with Gasteiger partial charge < -0.3 is 5.32 Å². The summed E-state index contributed by atoms with van der Waals surface area (Å²) in [7, 11) is -2.83. The van der Waals surface area contributed by atoms with Crippen LogP contribution >= 0.6 is 11.3 Å². The van der Waals surface area contributed by atoms with E-state index in [1.54, 1.807) is 11.3 Å². The minimum atomic E-state index is -2.83. The second kappa shape index (κ2) is 5.39. The number of nitrogens with one attached hydrogen (secondary N) is 1. The molecule has 1 aliphatic carbocycles. The molecule has 4 nitrogen and oxygen atoms in total.